The average molecular weight is 261 g/mol. The van der Waals surface area contributed by atoms with E-state index < -0.39 is 11.7 Å². The fourth-order valence-electron chi connectivity index (χ4n) is 1.85. The molecule has 0 unspecified atom stereocenters. The molecule has 2 heterocycles. The van der Waals surface area contributed by atoms with Gasteiger partial charge >= 0.3 is 6.18 Å². The van der Waals surface area contributed by atoms with E-state index in [-0.39, 0.29) is 11.8 Å². The van der Waals surface area contributed by atoms with E-state index in [1.807, 2.05) is 11.9 Å². The predicted molar refractivity (Wildman–Crippen MR) is 61.2 cm³/mol. The molecule has 0 radical (unpaired) electrons. The standard InChI is InChI=1S/C10H14F3N5/c1-17-2-4-18(5-3-17)8-7(10(11,12)13)6-15-9(14)16-8/h6H,2-5H2,1H3,(H2,14,15,16). The number of hydrogen-bond acceptors (Lipinski definition) is 5. The maximum Gasteiger partial charge on any atom is 0.421 e. The van der Waals surface area contributed by atoms with Gasteiger partial charge in [-0.3, -0.25) is 0 Å². The van der Waals surface area contributed by atoms with Gasteiger partial charge in [0.05, 0.1) is 0 Å². The lowest BCUT2D eigenvalue weighted by Crippen LogP contribution is -2.45. The number of nitrogens with two attached hydrogens (primary N) is 1. The Morgan fingerprint density at radius 2 is 1.83 bits per heavy atom. The lowest BCUT2D eigenvalue weighted by atomic mass is 10.2. The zero-order valence-corrected chi connectivity index (χ0v) is 9.91. The molecule has 0 aliphatic carbocycles. The summed E-state index contributed by atoms with van der Waals surface area (Å²) in [6, 6.07) is 0. The second-order valence-corrected chi connectivity index (χ2v) is 4.25. The molecule has 5 nitrogen and oxygen atoms in total. The van der Waals surface area contributed by atoms with Crippen LogP contribution < -0.4 is 10.6 Å². The number of alkyl halides is 3. The van der Waals surface area contributed by atoms with Gasteiger partial charge < -0.3 is 15.5 Å². The minimum absolute atomic E-state index is 0.122. The van der Waals surface area contributed by atoms with Gasteiger partial charge in [0.1, 0.15) is 11.4 Å². The topological polar surface area (TPSA) is 58.3 Å². The van der Waals surface area contributed by atoms with Crippen LogP contribution in [0.1, 0.15) is 5.56 Å². The van der Waals surface area contributed by atoms with Crippen LogP contribution in [0.5, 0.6) is 0 Å². The average Bonchev–Trinajstić information content (AvgIpc) is 2.28. The molecule has 100 valence electrons. The summed E-state index contributed by atoms with van der Waals surface area (Å²) in [5, 5.41) is 0. The molecule has 2 rings (SSSR count). The monoisotopic (exact) mass is 261 g/mol. The number of nitrogens with zero attached hydrogens (tertiary/aromatic N) is 4. The molecule has 0 spiro atoms. The van der Waals surface area contributed by atoms with Gasteiger partial charge in [-0.05, 0) is 7.05 Å². The molecule has 0 bridgehead atoms. The summed E-state index contributed by atoms with van der Waals surface area (Å²) in [6.45, 7) is 2.38. The van der Waals surface area contributed by atoms with Crippen molar-refractivity contribution in [3.63, 3.8) is 0 Å². The Balaban J connectivity index is 2.33. The molecule has 0 atom stereocenters. The summed E-state index contributed by atoms with van der Waals surface area (Å²) < 4.78 is 38.6. The van der Waals surface area contributed by atoms with Crippen molar-refractivity contribution in [3.05, 3.63) is 11.8 Å². The number of anilines is 2. The first-order chi connectivity index (χ1) is 8.38. The highest BCUT2D eigenvalue weighted by atomic mass is 19.4. The molecule has 1 aliphatic heterocycles. The maximum absolute atomic E-state index is 12.9. The van der Waals surface area contributed by atoms with Gasteiger partial charge in [0.2, 0.25) is 5.95 Å². The van der Waals surface area contributed by atoms with E-state index >= 15 is 0 Å². The molecule has 1 aromatic heterocycles. The summed E-state index contributed by atoms with van der Waals surface area (Å²) in [5.41, 5.74) is 4.55. The van der Waals surface area contributed by atoms with Crippen molar-refractivity contribution in [1.82, 2.24) is 14.9 Å². The second kappa shape index (κ2) is 4.60. The third-order valence-corrected chi connectivity index (χ3v) is 2.90. The normalized spacial score (nSPS) is 18.1. The van der Waals surface area contributed by atoms with Gasteiger partial charge in [-0.1, -0.05) is 0 Å². The van der Waals surface area contributed by atoms with E-state index in [0.29, 0.717) is 26.2 Å². The first kappa shape index (κ1) is 12.9. The fraction of sp³-hybridized carbons (Fsp3) is 0.600. The minimum Gasteiger partial charge on any atom is -0.368 e. The summed E-state index contributed by atoms with van der Waals surface area (Å²) in [4.78, 5) is 10.8. The highest BCUT2D eigenvalue weighted by molar-refractivity contribution is 5.50. The van der Waals surface area contributed by atoms with E-state index in [2.05, 4.69) is 9.97 Å². The van der Waals surface area contributed by atoms with Gasteiger partial charge in [0, 0.05) is 32.4 Å². The molecule has 1 saturated heterocycles. The maximum atomic E-state index is 12.9. The summed E-state index contributed by atoms with van der Waals surface area (Å²) in [6.07, 6.45) is -3.72. The second-order valence-electron chi connectivity index (χ2n) is 4.25. The molecule has 2 N–H and O–H groups in total. The molecule has 0 amide bonds. The summed E-state index contributed by atoms with van der Waals surface area (Å²) in [5.74, 6) is -0.264. The van der Waals surface area contributed by atoms with Crippen molar-refractivity contribution in [2.75, 3.05) is 43.9 Å². The molecular weight excluding hydrogens is 247 g/mol. The largest absolute Gasteiger partial charge is 0.421 e. The number of nitrogen functional groups attached to an aromatic ring is 1. The summed E-state index contributed by atoms with van der Waals surface area (Å²) >= 11 is 0. The lowest BCUT2D eigenvalue weighted by molar-refractivity contribution is -0.137. The number of hydrogen-bond donors (Lipinski definition) is 1. The van der Waals surface area contributed by atoms with E-state index in [0.717, 1.165) is 6.20 Å². The molecule has 1 aliphatic rings. The van der Waals surface area contributed by atoms with Crippen LogP contribution in [0.3, 0.4) is 0 Å². The number of likely N-dealkylation sites (N-methyl/N-ethyl adjacent to an activating group) is 1. The van der Waals surface area contributed by atoms with Crippen LogP contribution in [0.2, 0.25) is 0 Å². The molecule has 0 saturated carbocycles. The Labute approximate surface area is 102 Å². The van der Waals surface area contributed by atoms with Crippen LogP contribution in [-0.2, 0) is 6.18 Å². The van der Waals surface area contributed by atoms with E-state index in [1.165, 1.54) is 0 Å². The molecule has 0 aromatic carbocycles. The number of halogens is 3. The van der Waals surface area contributed by atoms with Crippen LogP contribution in [0.15, 0.2) is 6.20 Å². The van der Waals surface area contributed by atoms with Crippen molar-refractivity contribution in [2.24, 2.45) is 0 Å². The van der Waals surface area contributed by atoms with Gasteiger partial charge in [-0.2, -0.15) is 18.2 Å². The molecule has 18 heavy (non-hydrogen) atoms. The Bertz CT molecular complexity index is 426. The zero-order valence-electron chi connectivity index (χ0n) is 9.91. The zero-order chi connectivity index (χ0) is 13.3. The van der Waals surface area contributed by atoms with Gasteiger partial charge in [-0.25, -0.2) is 4.98 Å². The SMILES string of the molecule is CN1CCN(c2nc(N)ncc2C(F)(F)F)CC1. The van der Waals surface area contributed by atoms with Gasteiger partial charge in [0.15, 0.2) is 0 Å². The van der Waals surface area contributed by atoms with Crippen LogP contribution in [-0.4, -0.2) is 48.1 Å². The molecular formula is C10H14F3N5. The number of piperazine rings is 1. The van der Waals surface area contributed by atoms with Gasteiger partial charge in [-0.15, -0.1) is 0 Å². The fourth-order valence-corrected chi connectivity index (χ4v) is 1.85. The van der Waals surface area contributed by atoms with Crippen molar-refractivity contribution >= 4 is 11.8 Å². The van der Waals surface area contributed by atoms with E-state index in [4.69, 9.17) is 5.73 Å². The summed E-state index contributed by atoms with van der Waals surface area (Å²) in [7, 11) is 1.93. The minimum atomic E-state index is -4.47. The highest BCUT2D eigenvalue weighted by Crippen LogP contribution is 2.35. The van der Waals surface area contributed by atoms with Crippen LogP contribution in [0.4, 0.5) is 24.9 Å². The first-order valence-corrected chi connectivity index (χ1v) is 5.51. The lowest BCUT2D eigenvalue weighted by Gasteiger charge is -2.34. The van der Waals surface area contributed by atoms with Crippen LogP contribution >= 0.6 is 0 Å². The Morgan fingerprint density at radius 3 is 2.39 bits per heavy atom. The molecule has 8 heteroatoms. The first-order valence-electron chi connectivity index (χ1n) is 5.51. The number of aromatic nitrogens is 2. The van der Waals surface area contributed by atoms with Crippen molar-refractivity contribution in [3.8, 4) is 0 Å². The molecule has 1 aromatic rings. The van der Waals surface area contributed by atoms with E-state index in [9.17, 15) is 13.2 Å². The third-order valence-electron chi connectivity index (χ3n) is 2.90. The third kappa shape index (κ3) is 2.63. The Hall–Kier alpha value is -1.57. The number of rotatable bonds is 1. The predicted octanol–water partition coefficient (Wildman–Crippen LogP) is 0.829. The van der Waals surface area contributed by atoms with Gasteiger partial charge in [0.25, 0.3) is 0 Å². The Kier molecular flexibility index (Phi) is 3.29. The van der Waals surface area contributed by atoms with Crippen LogP contribution in [0.25, 0.3) is 0 Å². The van der Waals surface area contributed by atoms with Crippen molar-refractivity contribution in [1.29, 1.82) is 0 Å². The van der Waals surface area contributed by atoms with Crippen molar-refractivity contribution < 1.29 is 13.2 Å². The quantitative estimate of drug-likeness (QED) is 0.811. The smallest absolute Gasteiger partial charge is 0.368 e. The van der Waals surface area contributed by atoms with Crippen LogP contribution in [0, 0.1) is 0 Å². The Morgan fingerprint density at radius 1 is 1.22 bits per heavy atom. The highest BCUT2D eigenvalue weighted by Gasteiger charge is 2.37. The van der Waals surface area contributed by atoms with Crippen molar-refractivity contribution in [2.45, 2.75) is 6.18 Å². The molecule has 1 fully saturated rings. The van der Waals surface area contributed by atoms with E-state index in [1.54, 1.807) is 4.90 Å².